The summed E-state index contributed by atoms with van der Waals surface area (Å²) in [7, 11) is 0. The predicted octanol–water partition coefficient (Wildman–Crippen LogP) is 2.92. The van der Waals surface area contributed by atoms with E-state index in [-0.39, 0.29) is 24.6 Å². The summed E-state index contributed by atoms with van der Waals surface area (Å²) in [5, 5.41) is 1.73. The second kappa shape index (κ2) is 8.18. The largest absolute Gasteiger partial charge is 0.341 e. The monoisotopic (exact) mass is 429 g/mol. The minimum absolute atomic E-state index is 0.136. The number of aromatic nitrogens is 2. The number of fused-ring (bicyclic) bond motifs is 1. The molecule has 1 aromatic carbocycles. The predicted molar refractivity (Wildman–Crippen MR) is 115 cm³/mol. The highest BCUT2D eigenvalue weighted by Gasteiger charge is 2.26. The molecule has 0 aliphatic carbocycles. The van der Waals surface area contributed by atoms with Crippen LogP contribution in [0.3, 0.4) is 0 Å². The average molecular weight is 430 g/mol. The van der Waals surface area contributed by atoms with Gasteiger partial charge in [-0.1, -0.05) is 32.0 Å². The highest BCUT2D eigenvalue weighted by atomic mass is 32.1. The standard InChI is InChI=1S/C22H24FN3O3S/c1-14-9-15(2)11-24(10-14)19(27)13-25-18-7-8-30-20(18)21(28)26(22(25)29)12-16-5-3-4-6-17(16)23/h3-8,14-15H,9-13H2,1-2H3/t14-,15+. The summed E-state index contributed by atoms with van der Waals surface area (Å²) < 4.78 is 16.9. The number of carbonyl (C=O) groups excluding carboxylic acids is 1. The van der Waals surface area contributed by atoms with Gasteiger partial charge in [0.15, 0.2) is 0 Å². The van der Waals surface area contributed by atoms with Crippen molar-refractivity contribution in [2.45, 2.75) is 33.4 Å². The summed E-state index contributed by atoms with van der Waals surface area (Å²) in [5.74, 6) is 0.198. The van der Waals surface area contributed by atoms with E-state index in [0.717, 1.165) is 11.0 Å². The van der Waals surface area contributed by atoms with Gasteiger partial charge in [0.05, 0.1) is 12.1 Å². The van der Waals surface area contributed by atoms with Crippen molar-refractivity contribution in [3.63, 3.8) is 0 Å². The number of hydrogen-bond donors (Lipinski definition) is 0. The molecule has 2 atom stereocenters. The number of nitrogens with zero attached hydrogens (tertiary/aromatic N) is 3. The van der Waals surface area contributed by atoms with Crippen LogP contribution in [-0.2, 0) is 17.9 Å². The van der Waals surface area contributed by atoms with E-state index in [9.17, 15) is 18.8 Å². The van der Waals surface area contributed by atoms with Crippen molar-refractivity contribution >= 4 is 27.5 Å². The van der Waals surface area contributed by atoms with E-state index < -0.39 is 17.1 Å². The van der Waals surface area contributed by atoms with Gasteiger partial charge >= 0.3 is 5.69 Å². The maximum Gasteiger partial charge on any atom is 0.332 e. The lowest BCUT2D eigenvalue weighted by molar-refractivity contribution is -0.134. The zero-order valence-corrected chi connectivity index (χ0v) is 17.8. The van der Waals surface area contributed by atoms with Gasteiger partial charge in [0.25, 0.3) is 5.56 Å². The third-order valence-corrected chi connectivity index (χ3v) is 6.53. The van der Waals surface area contributed by atoms with Crippen LogP contribution >= 0.6 is 11.3 Å². The maximum absolute atomic E-state index is 14.1. The Labute approximate surface area is 177 Å². The third-order valence-electron chi connectivity index (χ3n) is 5.64. The molecule has 3 aromatic rings. The number of thiophene rings is 1. The molecule has 0 saturated carbocycles. The summed E-state index contributed by atoms with van der Waals surface area (Å²) >= 11 is 1.22. The van der Waals surface area contributed by atoms with Gasteiger partial charge in [-0.05, 0) is 35.8 Å². The van der Waals surface area contributed by atoms with Crippen LogP contribution in [0.4, 0.5) is 4.39 Å². The van der Waals surface area contributed by atoms with Gasteiger partial charge in [-0.2, -0.15) is 0 Å². The molecule has 0 bridgehead atoms. The molecule has 4 rings (SSSR count). The normalized spacial score (nSPS) is 19.4. The molecule has 158 valence electrons. The fourth-order valence-electron chi connectivity index (χ4n) is 4.32. The molecule has 1 amide bonds. The van der Waals surface area contributed by atoms with Gasteiger partial charge in [-0.3, -0.25) is 18.7 Å². The molecular weight excluding hydrogens is 405 g/mol. The molecule has 1 aliphatic rings. The minimum atomic E-state index is -0.597. The number of rotatable bonds is 4. The number of amides is 1. The summed E-state index contributed by atoms with van der Waals surface area (Å²) in [6.07, 6.45) is 1.08. The Kier molecular flexibility index (Phi) is 5.60. The van der Waals surface area contributed by atoms with E-state index in [4.69, 9.17) is 0 Å². The van der Waals surface area contributed by atoms with E-state index in [0.29, 0.717) is 35.1 Å². The molecular formula is C22H24FN3O3S. The minimum Gasteiger partial charge on any atom is -0.341 e. The Bertz CT molecular complexity index is 1200. The van der Waals surface area contributed by atoms with E-state index in [1.54, 1.807) is 34.5 Å². The molecule has 30 heavy (non-hydrogen) atoms. The van der Waals surface area contributed by atoms with Crippen molar-refractivity contribution in [2.24, 2.45) is 11.8 Å². The molecule has 0 unspecified atom stereocenters. The first-order valence-electron chi connectivity index (χ1n) is 10.1. The first-order chi connectivity index (χ1) is 14.3. The van der Waals surface area contributed by atoms with Crippen LogP contribution < -0.4 is 11.2 Å². The summed E-state index contributed by atoms with van der Waals surface area (Å²) in [6, 6.07) is 7.75. The van der Waals surface area contributed by atoms with Crippen molar-refractivity contribution in [3.8, 4) is 0 Å². The van der Waals surface area contributed by atoms with Crippen LogP contribution in [0.25, 0.3) is 10.2 Å². The quantitative estimate of drug-likeness (QED) is 0.641. The van der Waals surface area contributed by atoms with Gasteiger partial charge in [-0.15, -0.1) is 11.3 Å². The fourth-order valence-corrected chi connectivity index (χ4v) is 5.17. The van der Waals surface area contributed by atoms with Gasteiger partial charge in [-0.25, -0.2) is 9.18 Å². The molecule has 8 heteroatoms. The SMILES string of the molecule is C[C@@H]1C[C@H](C)CN(C(=O)Cn2c(=O)n(Cc3ccccc3F)c(=O)c3sccc32)C1. The molecule has 1 aliphatic heterocycles. The van der Waals surface area contributed by atoms with Crippen LogP contribution in [0, 0.1) is 17.7 Å². The highest BCUT2D eigenvalue weighted by Crippen LogP contribution is 2.22. The first-order valence-corrected chi connectivity index (χ1v) is 10.9. The lowest BCUT2D eigenvalue weighted by Gasteiger charge is -2.35. The number of likely N-dealkylation sites (tertiary alicyclic amines) is 1. The average Bonchev–Trinajstić information content (AvgIpc) is 3.19. The number of piperidine rings is 1. The van der Waals surface area contributed by atoms with Crippen LogP contribution in [0.2, 0.25) is 0 Å². The van der Waals surface area contributed by atoms with Crippen LogP contribution in [0.15, 0.2) is 45.3 Å². The Morgan fingerprint density at radius 2 is 1.80 bits per heavy atom. The summed E-state index contributed by atoms with van der Waals surface area (Å²) in [5.41, 5.74) is -0.354. The molecule has 0 N–H and O–H groups in total. The van der Waals surface area contributed by atoms with E-state index in [1.165, 1.54) is 22.0 Å². The second-order valence-electron chi connectivity index (χ2n) is 8.23. The summed E-state index contributed by atoms with van der Waals surface area (Å²) in [4.78, 5) is 40.9. The lowest BCUT2D eigenvalue weighted by atomic mass is 9.92. The smallest absolute Gasteiger partial charge is 0.332 e. The van der Waals surface area contributed by atoms with Crippen molar-refractivity contribution in [1.82, 2.24) is 14.0 Å². The Morgan fingerprint density at radius 3 is 2.50 bits per heavy atom. The van der Waals surface area contributed by atoms with Crippen molar-refractivity contribution in [1.29, 1.82) is 0 Å². The van der Waals surface area contributed by atoms with E-state index in [1.807, 2.05) is 0 Å². The molecule has 1 saturated heterocycles. The molecule has 6 nitrogen and oxygen atoms in total. The molecule has 1 fully saturated rings. The van der Waals surface area contributed by atoms with Gasteiger partial charge in [0.2, 0.25) is 5.91 Å². The second-order valence-corrected chi connectivity index (χ2v) is 9.15. The zero-order chi connectivity index (χ0) is 21.4. The third kappa shape index (κ3) is 3.84. The van der Waals surface area contributed by atoms with Gasteiger partial charge in [0, 0.05) is 18.7 Å². The molecule has 0 radical (unpaired) electrons. The Balaban J connectivity index is 1.74. The number of halogens is 1. The van der Waals surface area contributed by atoms with Crippen molar-refractivity contribution < 1.29 is 9.18 Å². The van der Waals surface area contributed by atoms with Crippen LogP contribution in [-0.4, -0.2) is 33.0 Å². The Hall–Kier alpha value is -2.74. The van der Waals surface area contributed by atoms with Gasteiger partial charge in [0.1, 0.15) is 17.1 Å². The molecule has 0 spiro atoms. The Morgan fingerprint density at radius 1 is 1.10 bits per heavy atom. The van der Waals surface area contributed by atoms with Gasteiger partial charge < -0.3 is 4.90 Å². The van der Waals surface area contributed by atoms with Crippen molar-refractivity contribution in [2.75, 3.05) is 13.1 Å². The van der Waals surface area contributed by atoms with E-state index >= 15 is 0 Å². The summed E-state index contributed by atoms with van der Waals surface area (Å²) in [6.45, 7) is 5.26. The van der Waals surface area contributed by atoms with Crippen LogP contribution in [0.5, 0.6) is 0 Å². The first kappa shape index (κ1) is 20.5. The number of benzene rings is 1. The van der Waals surface area contributed by atoms with Crippen molar-refractivity contribution in [3.05, 3.63) is 67.9 Å². The zero-order valence-electron chi connectivity index (χ0n) is 17.0. The lowest BCUT2D eigenvalue weighted by Crippen LogP contribution is -2.47. The molecule has 3 heterocycles. The maximum atomic E-state index is 14.1. The number of hydrogen-bond acceptors (Lipinski definition) is 4. The fraction of sp³-hybridized carbons (Fsp3) is 0.409. The molecule has 2 aromatic heterocycles. The highest BCUT2D eigenvalue weighted by molar-refractivity contribution is 7.17. The topological polar surface area (TPSA) is 64.3 Å². The van der Waals surface area contributed by atoms with Crippen LogP contribution in [0.1, 0.15) is 25.8 Å². The number of carbonyl (C=O) groups is 1. The van der Waals surface area contributed by atoms with E-state index in [2.05, 4.69) is 13.8 Å².